The Kier molecular flexibility index (Phi) is 1.51. The fourth-order valence-corrected chi connectivity index (χ4v) is 1.46. The minimum Gasteiger partial charge on any atom is -0.238 e. The molecule has 0 saturated heterocycles. The summed E-state index contributed by atoms with van der Waals surface area (Å²) in [5.41, 5.74) is 0.871. The van der Waals surface area contributed by atoms with Crippen LogP contribution in [0, 0.1) is 0 Å². The molecule has 2 rings (SSSR count). The molecule has 0 amide bonds. The van der Waals surface area contributed by atoms with E-state index in [0.717, 1.165) is 5.52 Å². The molecule has 0 radical (unpaired) electrons. The summed E-state index contributed by atoms with van der Waals surface area (Å²) in [5.74, 6) is 0. The standard InChI is InChI=1S/C7H4Cl2N2/c8-5-4-7(9)10-11-3-1-2-6(5)11/h1-4H. The van der Waals surface area contributed by atoms with Crippen LogP contribution in [0.1, 0.15) is 0 Å². The maximum atomic E-state index is 5.86. The minimum atomic E-state index is 0.402. The second kappa shape index (κ2) is 2.40. The Morgan fingerprint density at radius 3 is 3.00 bits per heavy atom. The van der Waals surface area contributed by atoms with Gasteiger partial charge >= 0.3 is 0 Å². The summed E-state index contributed by atoms with van der Waals surface area (Å²) in [6.45, 7) is 0. The number of nitrogens with zero attached hydrogens (tertiary/aromatic N) is 2. The maximum Gasteiger partial charge on any atom is 0.151 e. The fourth-order valence-electron chi connectivity index (χ4n) is 0.959. The molecule has 2 nitrogen and oxygen atoms in total. The normalized spacial score (nSPS) is 10.7. The van der Waals surface area contributed by atoms with Crippen molar-refractivity contribution in [2.75, 3.05) is 0 Å². The van der Waals surface area contributed by atoms with Crippen molar-refractivity contribution in [1.82, 2.24) is 9.61 Å². The lowest BCUT2D eigenvalue weighted by Gasteiger charge is -1.96. The van der Waals surface area contributed by atoms with Crippen molar-refractivity contribution >= 4 is 28.7 Å². The zero-order valence-electron chi connectivity index (χ0n) is 5.46. The van der Waals surface area contributed by atoms with Crippen LogP contribution in [0.2, 0.25) is 10.2 Å². The highest BCUT2D eigenvalue weighted by atomic mass is 35.5. The molecule has 2 heterocycles. The molecule has 0 aromatic carbocycles. The van der Waals surface area contributed by atoms with Crippen LogP contribution in [0.25, 0.3) is 5.52 Å². The predicted octanol–water partition coefficient (Wildman–Crippen LogP) is 2.64. The van der Waals surface area contributed by atoms with Crippen LogP contribution in [-0.4, -0.2) is 9.61 Å². The Morgan fingerprint density at radius 2 is 2.18 bits per heavy atom. The molecular formula is C7H4Cl2N2. The zero-order valence-corrected chi connectivity index (χ0v) is 6.97. The van der Waals surface area contributed by atoms with Crippen molar-refractivity contribution in [3.63, 3.8) is 0 Å². The maximum absolute atomic E-state index is 5.86. The van der Waals surface area contributed by atoms with Gasteiger partial charge in [0.2, 0.25) is 0 Å². The topological polar surface area (TPSA) is 17.3 Å². The first kappa shape index (κ1) is 6.95. The van der Waals surface area contributed by atoms with E-state index in [0.29, 0.717) is 10.2 Å². The van der Waals surface area contributed by atoms with E-state index < -0.39 is 0 Å². The molecule has 0 aliphatic heterocycles. The first-order valence-corrected chi connectivity index (χ1v) is 3.82. The summed E-state index contributed by atoms with van der Waals surface area (Å²) >= 11 is 11.5. The van der Waals surface area contributed by atoms with Gasteiger partial charge in [0.25, 0.3) is 0 Å². The van der Waals surface area contributed by atoms with Crippen LogP contribution >= 0.6 is 23.2 Å². The molecule has 0 saturated carbocycles. The summed E-state index contributed by atoms with van der Waals surface area (Å²) in [6.07, 6.45) is 1.80. The molecule has 11 heavy (non-hydrogen) atoms. The Labute approximate surface area is 73.3 Å². The quantitative estimate of drug-likeness (QED) is 0.619. The molecule has 0 unspecified atom stereocenters. The zero-order chi connectivity index (χ0) is 7.84. The summed E-state index contributed by atoms with van der Waals surface area (Å²) in [6, 6.07) is 5.37. The van der Waals surface area contributed by atoms with Gasteiger partial charge in [-0.3, -0.25) is 0 Å². The van der Waals surface area contributed by atoms with Gasteiger partial charge in [0.15, 0.2) is 5.15 Å². The smallest absolute Gasteiger partial charge is 0.151 e. The molecule has 0 N–H and O–H groups in total. The third-order valence-corrected chi connectivity index (χ3v) is 1.91. The van der Waals surface area contributed by atoms with Crippen molar-refractivity contribution in [2.45, 2.75) is 0 Å². The summed E-state index contributed by atoms with van der Waals surface area (Å²) in [7, 11) is 0. The van der Waals surface area contributed by atoms with Crippen LogP contribution in [-0.2, 0) is 0 Å². The predicted molar refractivity (Wildman–Crippen MR) is 45.2 cm³/mol. The average molecular weight is 187 g/mol. The van der Waals surface area contributed by atoms with E-state index in [1.807, 2.05) is 12.1 Å². The van der Waals surface area contributed by atoms with E-state index in [9.17, 15) is 0 Å². The molecule has 0 bridgehead atoms. The van der Waals surface area contributed by atoms with Crippen molar-refractivity contribution in [1.29, 1.82) is 0 Å². The number of rotatable bonds is 0. The Balaban J connectivity index is 2.91. The van der Waals surface area contributed by atoms with Gasteiger partial charge in [-0.1, -0.05) is 23.2 Å². The molecule has 0 atom stereocenters. The van der Waals surface area contributed by atoms with E-state index in [1.54, 1.807) is 16.8 Å². The third-order valence-electron chi connectivity index (χ3n) is 1.42. The number of hydrogen-bond donors (Lipinski definition) is 0. The summed E-state index contributed by atoms with van der Waals surface area (Å²) in [5, 5.41) is 5.02. The lowest BCUT2D eigenvalue weighted by molar-refractivity contribution is 0.942. The Bertz CT molecular complexity index is 394. The highest BCUT2D eigenvalue weighted by Crippen LogP contribution is 2.19. The third kappa shape index (κ3) is 1.08. The first-order chi connectivity index (χ1) is 5.27. The van der Waals surface area contributed by atoms with Crippen LogP contribution in [0.4, 0.5) is 0 Å². The molecule has 0 spiro atoms. The van der Waals surface area contributed by atoms with Gasteiger partial charge in [-0.15, -0.1) is 0 Å². The fraction of sp³-hybridized carbons (Fsp3) is 0. The molecule has 2 aromatic rings. The van der Waals surface area contributed by atoms with Gasteiger partial charge in [0, 0.05) is 6.20 Å². The van der Waals surface area contributed by atoms with Gasteiger partial charge in [-0.05, 0) is 18.2 Å². The first-order valence-electron chi connectivity index (χ1n) is 3.07. The van der Waals surface area contributed by atoms with Crippen molar-refractivity contribution in [3.8, 4) is 0 Å². The number of aromatic nitrogens is 2. The van der Waals surface area contributed by atoms with Gasteiger partial charge in [0.1, 0.15) is 0 Å². The summed E-state index contributed by atoms with van der Waals surface area (Å²) in [4.78, 5) is 0. The Morgan fingerprint density at radius 1 is 1.36 bits per heavy atom. The second-order valence-corrected chi connectivity index (χ2v) is 2.95. The molecular weight excluding hydrogens is 183 g/mol. The number of halogens is 2. The van der Waals surface area contributed by atoms with Crippen molar-refractivity contribution < 1.29 is 0 Å². The van der Waals surface area contributed by atoms with Crippen LogP contribution in [0.15, 0.2) is 24.4 Å². The van der Waals surface area contributed by atoms with Gasteiger partial charge in [-0.25, -0.2) is 4.52 Å². The lowest BCUT2D eigenvalue weighted by Crippen LogP contribution is -1.89. The van der Waals surface area contributed by atoms with Gasteiger partial charge in [-0.2, -0.15) is 5.10 Å². The average Bonchev–Trinajstić information content (AvgIpc) is 2.34. The van der Waals surface area contributed by atoms with Gasteiger partial charge in [0.05, 0.1) is 10.5 Å². The van der Waals surface area contributed by atoms with E-state index >= 15 is 0 Å². The second-order valence-electron chi connectivity index (χ2n) is 2.15. The van der Waals surface area contributed by atoms with E-state index in [2.05, 4.69) is 5.10 Å². The molecule has 0 aliphatic rings. The molecule has 2 aromatic heterocycles. The largest absolute Gasteiger partial charge is 0.238 e. The minimum absolute atomic E-state index is 0.402. The van der Waals surface area contributed by atoms with E-state index in [4.69, 9.17) is 23.2 Å². The van der Waals surface area contributed by atoms with Crippen LogP contribution < -0.4 is 0 Å². The molecule has 56 valence electrons. The number of fused-ring (bicyclic) bond motifs is 1. The monoisotopic (exact) mass is 186 g/mol. The Hall–Kier alpha value is -0.730. The lowest BCUT2D eigenvalue weighted by atomic mass is 10.4. The van der Waals surface area contributed by atoms with Gasteiger partial charge < -0.3 is 0 Å². The van der Waals surface area contributed by atoms with E-state index in [1.165, 1.54) is 0 Å². The molecule has 0 aliphatic carbocycles. The van der Waals surface area contributed by atoms with Crippen molar-refractivity contribution in [2.24, 2.45) is 0 Å². The highest BCUT2D eigenvalue weighted by molar-refractivity contribution is 6.36. The van der Waals surface area contributed by atoms with Crippen LogP contribution in [0.5, 0.6) is 0 Å². The van der Waals surface area contributed by atoms with Crippen LogP contribution in [0.3, 0.4) is 0 Å². The number of hydrogen-bond acceptors (Lipinski definition) is 1. The molecule has 0 fully saturated rings. The van der Waals surface area contributed by atoms with E-state index in [-0.39, 0.29) is 0 Å². The van der Waals surface area contributed by atoms with Crippen molar-refractivity contribution in [3.05, 3.63) is 34.6 Å². The SMILES string of the molecule is Clc1cc(Cl)c2cccn2n1. The highest BCUT2D eigenvalue weighted by Gasteiger charge is 2.00. The summed E-state index contributed by atoms with van der Waals surface area (Å²) < 4.78 is 1.64. The molecule has 4 heteroatoms.